The molecule has 0 amide bonds. The maximum Gasteiger partial charge on any atom is 0.257 e. The van der Waals surface area contributed by atoms with Gasteiger partial charge < -0.3 is 4.98 Å². The molecule has 0 aromatic carbocycles. The summed E-state index contributed by atoms with van der Waals surface area (Å²) in [5, 5.41) is 0.126. The van der Waals surface area contributed by atoms with Crippen LogP contribution in [0.3, 0.4) is 0 Å². The second-order valence-electron chi connectivity index (χ2n) is 4.30. The van der Waals surface area contributed by atoms with E-state index in [4.69, 9.17) is 0 Å². The van der Waals surface area contributed by atoms with Crippen molar-refractivity contribution in [1.82, 2.24) is 14.7 Å². The maximum atomic E-state index is 12.0. The van der Waals surface area contributed by atoms with Crippen LogP contribution >= 0.6 is 15.9 Å². The summed E-state index contributed by atoms with van der Waals surface area (Å²) < 4.78 is 26.8. The summed E-state index contributed by atoms with van der Waals surface area (Å²) in [5.41, 5.74) is 0. The SMILES string of the molecule is O=S(=O)(NC1CCCCCC1Br)c1cnc[nH]1. The molecule has 1 aromatic rings. The van der Waals surface area contributed by atoms with Crippen LogP contribution in [0.2, 0.25) is 0 Å². The van der Waals surface area contributed by atoms with Crippen molar-refractivity contribution in [2.75, 3.05) is 0 Å². The molecule has 0 saturated heterocycles. The fraction of sp³-hybridized carbons (Fsp3) is 0.700. The lowest BCUT2D eigenvalue weighted by Crippen LogP contribution is -2.40. The van der Waals surface area contributed by atoms with Crippen molar-refractivity contribution in [3.8, 4) is 0 Å². The van der Waals surface area contributed by atoms with Crippen LogP contribution in [-0.4, -0.2) is 29.3 Å². The minimum absolute atomic E-state index is 0.0363. The highest BCUT2D eigenvalue weighted by Gasteiger charge is 2.27. The molecule has 0 radical (unpaired) electrons. The third kappa shape index (κ3) is 3.29. The minimum atomic E-state index is -3.46. The van der Waals surface area contributed by atoms with Crippen molar-refractivity contribution in [1.29, 1.82) is 0 Å². The molecule has 17 heavy (non-hydrogen) atoms. The van der Waals surface area contributed by atoms with Crippen LogP contribution in [0, 0.1) is 0 Å². The highest BCUT2D eigenvalue weighted by Crippen LogP contribution is 2.24. The average molecular weight is 322 g/mol. The molecule has 0 spiro atoms. The number of sulfonamides is 1. The molecule has 7 heteroatoms. The van der Waals surface area contributed by atoms with Crippen LogP contribution in [-0.2, 0) is 10.0 Å². The second kappa shape index (κ2) is 5.49. The van der Waals surface area contributed by atoms with Gasteiger partial charge in [-0.15, -0.1) is 0 Å². The van der Waals surface area contributed by atoms with E-state index in [1.807, 2.05) is 0 Å². The minimum Gasteiger partial charge on any atom is -0.335 e. The molecule has 1 heterocycles. The van der Waals surface area contributed by atoms with Gasteiger partial charge in [0, 0.05) is 10.9 Å². The van der Waals surface area contributed by atoms with Crippen LogP contribution in [0.1, 0.15) is 32.1 Å². The van der Waals surface area contributed by atoms with E-state index in [1.54, 1.807) is 0 Å². The number of hydrogen-bond donors (Lipinski definition) is 2. The first-order valence-corrected chi connectivity index (χ1v) is 8.14. The molecule has 96 valence electrons. The van der Waals surface area contributed by atoms with Crippen molar-refractivity contribution < 1.29 is 8.42 Å². The third-order valence-corrected chi connectivity index (χ3v) is 5.51. The Morgan fingerprint density at radius 3 is 2.82 bits per heavy atom. The van der Waals surface area contributed by atoms with Gasteiger partial charge in [-0.25, -0.2) is 18.1 Å². The first kappa shape index (κ1) is 13.0. The number of imidazole rings is 1. The van der Waals surface area contributed by atoms with Crippen LogP contribution in [0.4, 0.5) is 0 Å². The van der Waals surface area contributed by atoms with Gasteiger partial charge in [0.2, 0.25) is 0 Å². The molecule has 1 aromatic heterocycles. The van der Waals surface area contributed by atoms with Gasteiger partial charge in [-0.2, -0.15) is 0 Å². The highest BCUT2D eigenvalue weighted by molar-refractivity contribution is 9.09. The summed E-state index contributed by atoms with van der Waals surface area (Å²) >= 11 is 3.57. The van der Waals surface area contributed by atoms with Crippen molar-refractivity contribution in [2.45, 2.75) is 48.0 Å². The number of rotatable bonds is 3. The number of halogens is 1. The molecule has 2 N–H and O–H groups in total. The van der Waals surface area contributed by atoms with E-state index in [1.165, 1.54) is 18.9 Å². The number of hydrogen-bond acceptors (Lipinski definition) is 3. The predicted octanol–water partition coefficient (Wildman–Crippen LogP) is 1.78. The summed E-state index contributed by atoms with van der Waals surface area (Å²) in [7, 11) is -3.46. The van der Waals surface area contributed by atoms with Gasteiger partial charge in [-0.1, -0.05) is 35.2 Å². The van der Waals surface area contributed by atoms with Crippen LogP contribution in [0.15, 0.2) is 17.6 Å². The summed E-state index contributed by atoms with van der Waals surface area (Å²) in [5.74, 6) is 0. The fourth-order valence-corrected chi connectivity index (χ4v) is 4.16. The van der Waals surface area contributed by atoms with E-state index in [0.717, 1.165) is 25.7 Å². The van der Waals surface area contributed by atoms with Gasteiger partial charge in [0.25, 0.3) is 10.0 Å². The lowest BCUT2D eigenvalue weighted by molar-refractivity contribution is 0.519. The lowest BCUT2D eigenvalue weighted by atomic mass is 10.1. The number of aromatic amines is 1. The molecule has 0 bridgehead atoms. The number of H-pyrrole nitrogens is 1. The Labute approximate surface area is 110 Å². The third-order valence-electron chi connectivity index (χ3n) is 3.00. The van der Waals surface area contributed by atoms with Gasteiger partial charge in [-0.05, 0) is 12.8 Å². The standard InChI is InChI=1S/C10H16BrN3O2S/c11-8-4-2-1-3-5-9(8)14-17(15,16)10-6-12-7-13-10/h6-9,14H,1-5H2,(H,12,13). The Morgan fingerprint density at radius 1 is 1.35 bits per heavy atom. The smallest absolute Gasteiger partial charge is 0.257 e. The monoisotopic (exact) mass is 321 g/mol. The number of alkyl halides is 1. The number of aromatic nitrogens is 2. The Balaban J connectivity index is 2.09. The van der Waals surface area contributed by atoms with E-state index in [9.17, 15) is 8.42 Å². The Morgan fingerprint density at radius 2 is 2.12 bits per heavy atom. The van der Waals surface area contributed by atoms with Gasteiger partial charge in [0.15, 0.2) is 5.03 Å². The van der Waals surface area contributed by atoms with Gasteiger partial charge in [0.05, 0.1) is 12.5 Å². The van der Waals surface area contributed by atoms with E-state index in [-0.39, 0.29) is 15.9 Å². The summed E-state index contributed by atoms with van der Waals surface area (Å²) in [6.45, 7) is 0. The van der Waals surface area contributed by atoms with E-state index >= 15 is 0 Å². The van der Waals surface area contributed by atoms with Crippen LogP contribution < -0.4 is 4.72 Å². The molecule has 2 atom stereocenters. The topological polar surface area (TPSA) is 74.8 Å². The van der Waals surface area contributed by atoms with Crippen LogP contribution in [0.5, 0.6) is 0 Å². The van der Waals surface area contributed by atoms with E-state index < -0.39 is 10.0 Å². The van der Waals surface area contributed by atoms with Crippen LogP contribution in [0.25, 0.3) is 0 Å². The first-order chi connectivity index (χ1) is 8.09. The second-order valence-corrected chi connectivity index (χ2v) is 7.16. The average Bonchev–Trinajstić information content (AvgIpc) is 2.74. The normalized spacial score (nSPS) is 26.6. The molecule has 2 unspecified atom stereocenters. The van der Waals surface area contributed by atoms with Gasteiger partial charge in [-0.3, -0.25) is 0 Å². The van der Waals surface area contributed by atoms with Crippen molar-refractivity contribution in [3.63, 3.8) is 0 Å². The van der Waals surface area contributed by atoms with E-state index in [2.05, 4.69) is 30.6 Å². The lowest BCUT2D eigenvalue weighted by Gasteiger charge is -2.20. The summed E-state index contributed by atoms with van der Waals surface area (Å²) in [6.07, 6.45) is 7.97. The van der Waals surface area contributed by atoms with E-state index in [0.29, 0.717) is 0 Å². The highest BCUT2D eigenvalue weighted by atomic mass is 79.9. The molecule has 0 aliphatic heterocycles. The molecule has 1 aliphatic carbocycles. The zero-order valence-corrected chi connectivity index (χ0v) is 11.8. The summed E-state index contributed by atoms with van der Waals surface area (Å²) in [6, 6.07) is -0.0363. The summed E-state index contributed by atoms with van der Waals surface area (Å²) in [4.78, 5) is 6.56. The maximum absolute atomic E-state index is 12.0. The molecule has 1 saturated carbocycles. The van der Waals surface area contributed by atoms with Gasteiger partial charge >= 0.3 is 0 Å². The number of nitrogens with one attached hydrogen (secondary N) is 2. The molecular weight excluding hydrogens is 306 g/mol. The Bertz CT molecular complexity index is 446. The molecule has 1 fully saturated rings. The Kier molecular flexibility index (Phi) is 4.22. The molecule has 1 aliphatic rings. The molecule has 5 nitrogen and oxygen atoms in total. The predicted molar refractivity (Wildman–Crippen MR) is 68.5 cm³/mol. The Hall–Kier alpha value is -0.400. The first-order valence-electron chi connectivity index (χ1n) is 5.74. The van der Waals surface area contributed by atoms with Gasteiger partial charge in [0.1, 0.15) is 0 Å². The number of nitrogens with zero attached hydrogens (tertiary/aromatic N) is 1. The molecular formula is C10H16BrN3O2S. The zero-order chi connectivity index (χ0) is 12.3. The van der Waals surface area contributed by atoms with Crippen molar-refractivity contribution in [3.05, 3.63) is 12.5 Å². The van der Waals surface area contributed by atoms with Crippen molar-refractivity contribution in [2.24, 2.45) is 0 Å². The fourth-order valence-electron chi connectivity index (χ4n) is 2.05. The molecule has 2 rings (SSSR count). The quantitative estimate of drug-likeness (QED) is 0.658. The van der Waals surface area contributed by atoms with Crippen molar-refractivity contribution >= 4 is 26.0 Å². The largest absolute Gasteiger partial charge is 0.335 e. The zero-order valence-electron chi connectivity index (χ0n) is 9.39.